The maximum atomic E-state index is 12.1. The van der Waals surface area contributed by atoms with Gasteiger partial charge in [0.15, 0.2) is 0 Å². The summed E-state index contributed by atoms with van der Waals surface area (Å²) in [6.45, 7) is 5.30. The van der Waals surface area contributed by atoms with Gasteiger partial charge >= 0.3 is 6.09 Å². The molecule has 1 unspecified atom stereocenters. The Bertz CT molecular complexity index is 511. The van der Waals surface area contributed by atoms with Crippen LogP contribution in [0.4, 0.5) is 4.79 Å². The molecule has 0 aliphatic rings. The molecule has 0 aromatic heterocycles. The van der Waals surface area contributed by atoms with Crippen molar-refractivity contribution >= 4 is 18.4 Å². The summed E-state index contributed by atoms with van der Waals surface area (Å²) < 4.78 is 5.13. The molecule has 0 heterocycles. The fourth-order valence-electron chi connectivity index (χ4n) is 1.73. The largest absolute Gasteiger partial charge is 0.444 e. The molecule has 22 heavy (non-hydrogen) atoms. The van der Waals surface area contributed by atoms with Gasteiger partial charge in [-0.05, 0) is 26.3 Å². The zero-order valence-corrected chi connectivity index (χ0v) is 12.9. The van der Waals surface area contributed by atoms with Crippen LogP contribution < -0.4 is 16.2 Å². The first-order valence-electron chi connectivity index (χ1n) is 6.84. The highest BCUT2D eigenvalue weighted by molar-refractivity contribution is 5.85. The van der Waals surface area contributed by atoms with Gasteiger partial charge in [-0.25, -0.2) is 4.79 Å². The van der Waals surface area contributed by atoms with Crippen molar-refractivity contribution in [2.45, 2.75) is 32.3 Å². The van der Waals surface area contributed by atoms with E-state index in [9.17, 15) is 14.4 Å². The summed E-state index contributed by atoms with van der Waals surface area (Å²) in [4.78, 5) is 34.0. The van der Waals surface area contributed by atoms with E-state index in [-0.39, 0.29) is 6.54 Å². The highest BCUT2D eigenvalue weighted by atomic mass is 16.6. The van der Waals surface area contributed by atoms with E-state index in [4.69, 9.17) is 4.74 Å². The molecule has 3 amide bonds. The standard InChI is InChI=1S/C15H21N3O4/c1-15(2,3)22-14(21)16-9-12(13(20)18-17-10-19)11-7-5-4-6-8-11/h4-8,10,12H,9H2,1-3H3,(H,16,21)(H,17,19)(H,18,20). The maximum Gasteiger partial charge on any atom is 0.407 e. The number of carbonyl (C=O) groups excluding carboxylic acids is 3. The van der Waals surface area contributed by atoms with E-state index in [0.717, 1.165) is 0 Å². The zero-order chi connectivity index (χ0) is 16.6. The van der Waals surface area contributed by atoms with Crippen LogP contribution in [0.2, 0.25) is 0 Å². The minimum atomic E-state index is -0.652. The number of benzene rings is 1. The average molecular weight is 307 g/mol. The molecule has 0 radical (unpaired) electrons. The number of amides is 3. The van der Waals surface area contributed by atoms with Gasteiger partial charge in [0.1, 0.15) is 5.60 Å². The second kappa shape index (κ2) is 8.02. The molecular formula is C15H21N3O4. The number of hydrogen-bond acceptors (Lipinski definition) is 4. The lowest BCUT2D eigenvalue weighted by Crippen LogP contribution is -2.44. The highest BCUT2D eigenvalue weighted by Gasteiger charge is 2.23. The molecule has 0 spiro atoms. The Kier molecular flexibility index (Phi) is 6.37. The predicted molar refractivity (Wildman–Crippen MR) is 80.8 cm³/mol. The summed E-state index contributed by atoms with van der Waals surface area (Å²) in [6, 6.07) is 8.93. The molecule has 0 fully saturated rings. The number of alkyl carbamates (subject to hydrolysis) is 1. The molecule has 1 aromatic carbocycles. The Hall–Kier alpha value is -2.57. The number of nitrogens with one attached hydrogen (secondary N) is 3. The molecule has 1 atom stereocenters. The SMILES string of the molecule is CC(C)(C)OC(=O)NCC(C(=O)NNC=O)c1ccccc1. The molecule has 0 aliphatic heterocycles. The van der Waals surface area contributed by atoms with Crippen LogP contribution in [-0.4, -0.2) is 30.6 Å². The van der Waals surface area contributed by atoms with Crippen molar-refractivity contribution < 1.29 is 19.1 Å². The maximum absolute atomic E-state index is 12.1. The smallest absolute Gasteiger partial charge is 0.407 e. The Morgan fingerprint density at radius 3 is 2.41 bits per heavy atom. The Labute approximate surface area is 129 Å². The van der Waals surface area contributed by atoms with Crippen molar-refractivity contribution in [3.8, 4) is 0 Å². The minimum Gasteiger partial charge on any atom is -0.444 e. The Morgan fingerprint density at radius 1 is 1.23 bits per heavy atom. The third-order valence-corrected chi connectivity index (χ3v) is 2.62. The van der Waals surface area contributed by atoms with Gasteiger partial charge in [-0.1, -0.05) is 30.3 Å². The topological polar surface area (TPSA) is 96.5 Å². The van der Waals surface area contributed by atoms with E-state index in [1.807, 2.05) is 6.07 Å². The first-order chi connectivity index (χ1) is 10.3. The predicted octanol–water partition coefficient (Wildman–Crippen LogP) is 1.07. The third-order valence-electron chi connectivity index (χ3n) is 2.62. The van der Waals surface area contributed by atoms with Crippen LogP contribution in [0, 0.1) is 0 Å². The van der Waals surface area contributed by atoms with Gasteiger partial charge in [-0.2, -0.15) is 0 Å². The van der Waals surface area contributed by atoms with Crippen molar-refractivity contribution in [1.29, 1.82) is 0 Å². The second-order valence-electron chi connectivity index (χ2n) is 5.60. The van der Waals surface area contributed by atoms with Gasteiger partial charge in [0.05, 0.1) is 5.92 Å². The monoisotopic (exact) mass is 307 g/mol. The van der Waals surface area contributed by atoms with Gasteiger partial charge in [0, 0.05) is 6.54 Å². The van der Waals surface area contributed by atoms with Crippen LogP contribution in [0.25, 0.3) is 0 Å². The van der Waals surface area contributed by atoms with E-state index < -0.39 is 23.5 Å². The molecule has 120 valence electrons. The van der Waals surface area contributed by atoms with Crippen molar-refractivity contribution in [3.05, 3.63) is 35.9 Å². The number of rotatable bonds is 6. The van der Waals surface area contributed by atoms with E-state index in [0.29, 0.717) is 12.0 Å². The summed E-state index contributed by atoms with van der Waals surface area (Å²) >= 11 is 0. The van der Waals surface area contributed by atoms with Crippen LogP contribution >= 0.6 is 0 Å². The summed E-state index contributed by atoms with van der Waals surface area (Å²) in [7, 11) is 0. The fraction of sp³-hybridized carbons (Fsp3) is 0.400. The molecule has 3 N–H and O–H groups in total. The number of hydrazine groups is 1. The molecule has 0 saturated heterocycles. The van der Waals surface area contributed by atoms with E-state index in [1.165, 1.54) is 0 Å². The summed E-state index contributed by atoms with van der Waals surface area (Å²) in [5.74, 6) is -1.09. The van der Waals surface area contributed by atoms with Gasteiger partial charge in [0.25, 0.3) is 0 Å². The molecule has 1 rings (SSSR count). The van der Waals surface area contributed by atoms with Gasteiger partial charge in [-0.15, -0.1) is 0 Å². The quantitative estimate of drug-likeness (QED) is 0.541. The molecule has 7 nitrogen and oxygen atoms in total. The normalized spacial score (nSPS) is 12.0. The lowest BCUT2D eigenvalue weighted by molar-refractivity contribution is -0.125. The first-order valence-corrected chi connectivity index (χ1v) is 6.84. The molecule has 0 aliphatic carbocycles. The lowest BCUT2D eigenvalue weighted by Gasteiger charge is -2.22. The fourth-order valence-corrected chi connectivity index (χ4v) is 1.73. The van der Waals surface area contributed by atoms with Crippen molar-refractivity contribution in [2.75, 3.05) is 6.54 Å². The van der Waals surface area contributed by atoms with E-state index in [2.05, 4.69) is 16.2 Å². The lowest BCUT2D eigenvalue weighted by atomic mass is 9.98. The van der Waals surface area contributed by atoms with Crippen molar-refractivity contribution in [1.82, 2.24) is 16.2 Å². The number of hydrogen-bond donors (Lipinski definition) is 3. The molecular weight excluding hydrogens is 286 g/mol. The van der Waals surface area contributed by atoms with Crippen LogP contribution in [0.15, 0.2) is 30.3 Å². The molecule has 0 saturated carbocycles. The second-order valence-corrected chi connectivity index (χ2v) is 5.60. The summed E-state index contributed by atoms with van der Waals surface area (Å²) in [6.07, 6.45) is -0.245. The van der Waals surface area contributed by atoms with Crippen molar-refractivity contribution in [2.24, 2.45) is 0 Å². The van der Waals surface area contributed by atoms with Gasteiger partial charge < -0.3 is 10.1 Å². The highest BCUT2D eigenvalue weighted by Crippen LogP contribution is 2.15. The number of ether oxygens (including phenoxy) is 1. The third kappa shape index (κ3) is 6.25. The molecule has 0 bridgehead atoms. The van der Waals surface area contributed by atoms with Gasteiger partial charge in [-0.3, -0.25) is 20.4 Å². The van der Waals surface area contributed by atoms with E-state index >= 15 is 0 Å². The minimum absolute atomic E-state index is 0.0469. The number of carbonyl (C=O) groups is 3. The molecule has 7 heteroatoms. The summed E-state index contributed by atoms with van der Waals surface area (Å²) in [5.41, 5.74) is 4.45. The van der Waals surface area contributed by atoms with Gasteiger partial charge in [0.2, 0.25) is 12.3 Å². The van der Waals surface area contributed by atoms with Crippen LogP contribution in [-0.2, 0) is 14.3 Å². The Balaban J connectivity index is 2.73. The zero-order valence-electron chi connectivity index (χ0n) is 12.9. The van der Waals surface area contributed by atoms with Crippen LogP contribution in [0.3, 0.4) is 0 Å². The average Bonchev–Trinajstić information content (AvgIpc) is 2.44. The summed E-state index contributed by atoms with van der Waals surface area (Å²) in [5, 5.41) is 2.56. The Morgan fingerprint density at radius 2 is 1.86 bits per heavy atom. The molecule has 1 aromatic rings. The van der Waals surface area contributed by atoms with Crippen LogP contribution in [0.1, 0.15) is 32.3 Å². The van der Waals surface area contributed by atoms with Crippen molar-refractivity contribution in [3.63, 3.8) is 0 Å². The van der Waals surface area contributed by atoms with E-state index in [1.54, 1.807) is 45.0 Å². The first kappa shape index (κ1) is 17.5. The van der Waals surface area contributed by atoms with Crippen LogP contribution in [0.5, 0.6) is 0 Å².